The van der Waals surface area contributed by atoms with Gasteiger partial charge in [-0.1, -0.05) is 6.92 Å². The summed E-state index contributed by atoms with van der Waals surface area (Å²) in [5, 5.41) is 3.32. The largest absolute Gasteiger partial charge is 0.468 e. The second kappa shape index (κ2) is 6.92. The summed E-state index contributed by atoms with van der Waals surface area (Å²) in [6.45, 7) is 9.65. The van der Waals surface area contributed by atoms with Crippen LogP contribution in [0.1, 0.15) is 24.7 Å². The van der Waals surface area contributed by atoms with Gasteiger partial charge in [-0.2, -0.15) is 0 Å². The Morgan fingerprint density at radius 2 is 2.17 bits per heavy atom. The standard InChI is InChI=1S/C14H25N3O/c1-3-15-10-13-9-14(18-12-13)11-17-6-4-5-16(2)7-8-17/h9,12,15H,3-8,10-11H2,1-2H3. The van der Waals surface area contributed by atoms with Crippen molar-refractivity contribution in [3.63, 3.8) is 0 Å². The molecular weight excluding hydrogens is 226 g/mol. The van der Waals surface area contributed by atoms with Gasteiger partial charge in [-0.25, -0.2) is 0 Å². The molecule has 1 saturated heterocycles. The zero-order chi connectivity index (χ0) is 12.8. The first-order valence-corrected chi connectivity index (χ1v) is 6.96. The summed E-state index contributed by atoms with van der Waals surface area (Å²) in [4.78, 5) is 4.89. The van der Waals surface area contributed by atoms with Crippen molar-refractivity contribution in [3.05, 3.63) is 23.7 Å². The van der Waals surface area contributed by atoms with Gasteiger partial charge in [0, 0.05) is 25.2 Å². The van der Waals surface area contributed by atoms with Crippen LogP contribution >= 0.6 is 0 Å². The molecule has 2 rings (SSSR count). The molecule has 0 radical (unpaired) electrons. The maximum Gasteiger partial charge on any atom is 0.118 e. The average molecular weight is 251 g/mol. The van der Waals surface area contributed by atoms with Crippen LogP contribution in [0.15, 0.2) is 16.7 Å². The van der Waals surface area contributed by atoms with Gasteiger partial charge in [0.25, 0.3) is 0 Å². The predicted octanol–water partition coefficient (Wildman–Crippen LogP) is 1.53. The number of likely N-dealkylation sites (N-methyl/N-ethyl adjacent to an activating group) is 1. The summed E-state index contributed by atoms with van der Waals surface area (Å²) in [6.07, 6.45) is 3.13. The Hall–Kier alpha value is -0.840. The minimum atomic E-state index is 0.905. The molecule has 18 heavy (non-hydrogen) atoms. The van der Waals surface area contributed by atoms with Crippen molar-refractivity contribution in [2.45, 2.75) is 26.4 Å². The van der Waals surface area contributed by atoms with Gasteiger partial charge in [0.2, 0.25) is 0 Å². The second-order valence-corrected chi connectivity index (χ2v) is 5.13. The molecule has 1 aliphatic rings. The molecule has 0 amide bonds. The molecule has 1 N–H and O–H groups in total. The normalized spacial score (nSPS) is 19.0. The van der Waals surface area contributed by atoms with Crippen LogP contribution in [0, 0.1) is 0 Å². The SMILES string of the molecule is CCNCc1coc(CN2CCCN(C)CC2)c1. The fourth-order valence-corrected chi connectivity index (χ4v) is 2.35. The highest BCUT2D eigenvalue weighted by Gasteiger charge is 2.13. The van der Waals surface area contributed by atoms with Crippen LogP contribution in [0.4, 0.5) is 0 Å². The van der Waals surface area contributed by atoms with Crippen molar-refractivity contribution < 1.29 is 4.42 Å². The molecule has 0 aliphatic carbocycles. The molecule has 1 aliphatic heterocycles. The second-order valence-electron chi connectivity index (χ2n) is 5.13. The number of nitrogens with zero attached hydrogens (tertiary/aromatic N) is 2. The first kappa shape index (κ1) is 13.6. The maximum absolute atomic E-state index is 5.64. The highest BCUT2D eigenvalue weighted by Crippen LogP contribution is 2.12. The van der Waals surface area contributed by atoms with Crippen molar-refractivity contribution in [2.24, 2.45) is 0 Å². The van der Waals surface area contributed by atoms with Gasteiger partial charge in [-0.3, -0.25) is 4.90 Å². The van der Waals surface area contributed by atoms with E-state index in [9.17, 15) is 0 Å². The highest BCUT2D eigenvalue weighted by molar-refractivity contribution is 5.12. The van der Waals surface area contributed by atoms with Gasteiger partial charge >= 0.3 is 0 Å². The van der Waals surface area contributed by atoms with Crippen LogP contribution in [-0.4, -0.2) is 49.6 Å². The molecule has 0 bridgehead atoms. The number of hydrogen-bond donors (Lipinski definition) is 1. The summed E-state index contributed by atoms with van der Waals surface area (Å²) < 4.78 is 5.64. The number of rotatable bonds is 5. The molecule has 2 heterocycles. The molecule has 1 aromatic rings. The van der Waals surface area contributed by atoms with Crippen molar-refractivity contribution in [1.82, 2.24) is 15.1 Å². The van der Waals surface area contributed by atoms with Gasteiger partial charge in [-0.05, 0) is 39.2 Å². The smallest absolute Gasteiger partial charge is 0.118 e. The van der Waals surface area contributed by atoms with Gasteiger partial charge < -0.3 is 14.6 Å². The minimum Gasteiger partial charge on any atom is -0.468 e. The van der Waals surface area contributed by atoms with Crippen LogP contribution in [0.5, 0.6) is 0 Å². The quantitative estimate of drug-likeness (QED) is 0.860. The number of nitrogens with one attached hydrogen (secondary N) is 1. The lowest BCUT2D eigenvalue weighted by Gasteiger charge is -2.18. The Morgan fingerprint density at radius 1 is 1.28 bits per heavy atom. The molecule has 4 heteroatoms. The maximum atomic E-state index is 5.64. The molecule has 1 aromatic heterocycles. The first-order valence-electron chi connectivity index (χ1n) is 6.96. The minimum absolute atomic E-state index is 0.905. The Kier molecular flexibility index (Phi) is 5.23. The van der Waals surface area contributed by atoms with E-state index in [4.69, 9.17) is 4.42 Å². The summed E-state index contributed by atoms with van der Waals surface area (Å²) in [5.74, 6) is 1.09. The fraction of sp³-hybridized carbons (Fsp3) is 0.714. The molecular formula is C14H25N3O. The summed E-state index contributed by atoms with van der Waals surface area (Å²) in [7, 11) is 2.20. The zero-order valence-corrected chi connectivity index (χ0v) is 11.6. The van der Waals surface area contributed by atoms with Gasteiger partial charge in [0.15, 0.2) is 0 Å². The lowest BCUT2D eigenvalue weighted by molar-refractivity contribution is 0.249. The Balaban J connectivity index is 1.82. The average Bonchev–Trinajstić information content (AvgIpc) is 2.70. The van der Waals surface area contributed by atoms with E-state index in [2.05, 4.69) is 35.2 Å². The van der Waals surface area contributed by atoms with Crippen molar-refractivity contribution >= 4 is 0 Å². The lowest BCUT2D eigenvalue weighted by atomic mass is 10.3. The molecule has 0 unspecified atom stereocenters. The first-order chi connectivity index (χ1) is 8.78. The number of furan rings is 1. The van der Waals surface area contributed by atoms with Crippen molar-refractivity contribution in [2.75, 3.05) is 39.8 Å². The van der Waals surface area contributed by atoms with Crippen LogP contribution in [0.3, 0.4) is 0 Å². The van der Waals surface area contributed by atoms with Crippen LogP contribution in [-0.2, 0) is 13.1 Å². The van der Waals surface area contributed by atoms with Gasteiger partial charge in [-0.15, -0.1) is 0 Å². The third-order valence-electron chi connectivity index (χ3n) is 3.48. The molecule has 1 fully saturated rings. The number of hydrogen-bond acceptors (Lipinski definition) is 4. The zero-order valence-electron chi connectivity index (χ0n) is 11.6. The lowest BCUT2D eigenvalue weighted by Crippen LogP contribution is -2.28. The molecule has 102 valence electrons. The molecule has 0 aromatic carbocycles. The van der Waals surface area contributed by atoms with E-state index < -0.39 is 0 Å². The predicted molar refractivity (Wildman–Crippen MR) is 73.5 cm³/mol. The third kappa shape index (κ3) is 4.12. The van der Waals surface area contributed by atoms with E-state index in [0.29, 0.717) is 0 Å². The monoisotopic (exact) mass is 251 g/mol. The van der Waals surface area contributed by atoms with E-state index in [1.54, 1.807) is 0 Å². The molecule has 0 saturated carbocycles. The van der Waals surface area contributed by atoms with E-state index in [1.807, 2.05) is 6.26 Å². The highest BCUT2D eigenvalue weighted by atomic mass is 16.3. The Bertz CT molecular complexity index is 351. The van der Waals surface area contributed by atoms with Crippen molar-refractivity contribution in [3.8, 4) is 0 Å². The fourth-order valence-electron chi connectivity index (χ4n) is 2.35. The van der Waals surface area contributed by atoms with Crippen molar-refractivity contribution in [1.29, 1.82) is 0 Å². The van der Waals surface area contributed by atoms with Crippen LogP contribution in [0.2, 0.25) is 0 Å². The third-order valence-corrected chi connectivity index (χ3v) is 3.48. The Morgan fingerprint density at radius 3 is 3.00 bits per heavy atom. The van der Waals surface area contributed by atoms with E-state index in [-0.39, 0.29) is 0 Å². The Labute approximate surface area is 110 Å². The van der Waals surface area contributed by atoms with E-state index in [1.165, 1.54) is 25.1 Å². The van der Waals surface area contributed by atoms with Crippen LogP contribution < -0.4 is 5.32 Å². The summed E-state index contributed by atoms with van der Waals surface area (Å²) in [5.41, 5.74) is 1.25. The topological polar surface area (TPSA) is 31.7 Å². The molecule has 4 nitrogen and oxygen atoms in total. The molecule has 0 atom stereocenters. The van der Waals surface area contributed by atoms with Crippen LogP contribution in [0.25, 0.3) is 0 Å². The van der Waals surface area contributed by atoms with Gasteiger partial charge in [0.05, 0.1) is 12.8 Å². The van der Waals surface area contributed by atoms with E-state index >= 15 is 0 Å². The summed E-state index contributed by atoms with van der Waals surface area (Å²) >= 11 is 0. The van der Waals surface area contributed by atoms with Gasteiger partial charge in [0.1, 0.15) is 5.76 Å². The summed E-state index contributed by atoms with van der Waals surface area (Å²) in [6, 6.07) is 2.18. The molecule has 0 spiro atoms. The van der Waals surface area contributed by atoms with E-state index in [0.717, 1.165) is 38.5 Å².